The van der Waals surface area contributed by atoms with Gasteiger partial charge in [-0.3, -0.25) is 4.79 Å². The molecule has 0 atom stereocenters. The number of nitrogens with one attached hydrogen (secondary N) is 1. The first kappa shape index (κ1) is 27.9. The molecule has 1 saturated carbocycles. The normalized spacial score (nSPS) is 16.1. The van der Waals surface area contributed by atoms with Gasteiger partial charge in [0.15, 0.2) is 11.5 Å². The Morgan fingerprint density at radius 3 is 2.35 bits per heavy atom. The lowest BCUT2D eigenvalue weighted by Gasteiger charge is -2.19. The number of rotatable bonds is 6. The average Bonchev–Trinajstić information content (AvgIpc) is 3.47. The zero-order valence-electron chi connectivity index (χ0n) is 18.5. The summed E-state index contributed by atoms with van der Waals surface area (Å²) in [6, 6.07) is 5.70. The summed E-state index contributed by atoms with van der Waals surface area (Å²) >= 11 is 6.05. The van der Waals surface area contributed by atoms with E-state index in [0.29, 0.717) is 26.1 Å². The van der Waals surface area contributed by atoms with Crippen molar-refractivity contribution in [1.29, 1.82) is 5.26 Å². The summed E-state index contributed by atoms with van der Waals surface area (Å²) in [5.74, 6) is -7.98. The molecule has 16 heteroatoms. The number of allylic oxidation sites excluding steroid dienone is 1. The van der Waals surface area contributed by atoms with Gasteiger partial charge in [0.2, 0.25) is 0 Å². The minimum atomic E-state index is -6.35. The van der Waals surface area contributed by atoms with Crippen LogP contribution in [0.1, 0.15) is 40.0 Å². The third-order valence-electron chi connectivity index (χ3n) is 5.32. The fourth-order valence-electron chi connectivity index (χ4n) is 3.18. The molecular formula is C21H15ClF8N6O. The Balaban J connectivity index is 2.03. The highest BCUT2D eigenvalue weighted by molar-refractivity contribution is 6.34. The van der Waals surface area contributed by atoms with E-state index in [0.717, 1.165) is 6.20 Å². The first-order chi connectivity index (χ1) is 17.0. The number of nitriles is 1. The molecule has 3 N–H and O–H groups in total. The lowest BCUT2D eigenvalue weighted by atomic mass is 10.0. The van der Waals surface area contributed by atoms with Crippen molar-refractivity contribution >= 4 is 35.1 Å². The zero-order valence-corrected chi connectivity index (χ0v) is 19.2. The second kappa shape index (κ2) is 9.33. The van der Waals surface area contributed by atoms with Gasteiger partial charge in [-0.25, -0.2) is 9.67 Å². The quantitative estimate of drug-likeness (QED) is 0.376. The van der Waals surface area contributed by atoms with Crippen LogP contribution in [-0.4, -0.2) is 33.6 Å². The van der Waals surface area contributed by atoms with Crippen LogP contribution in [0.5, 0.6) is 0 Å². The van der Waals surface area contributed by atoms with Gasteiger partial charge in [-0.15, -0.1) is 0 Å². The van der Waals surface area contributed by atoms with Crippen molar-refractivity contribution in [3.63, 3.8) is 0 Å². The van der Waals surface area contributed by atoms with E-state index in [1.807, 2.05) is 6.07 Å². The topological polar surface area (TPSA) is 109 Å². The van der Waals surface area contributed by atoms with Crippen molar-refractivity contribution in [1.82, 2.24) is 15.1 Å². The Hall–Kier alpha value is -3.67. The summed E-state index contributed by atoms with van der Waals surface area (Å²) in [7, 11) is 0.706. The molecule has 1 aromatic carbocycles. The van der Waals surface area contributed by atoms with Crippen molar-refractivity contribution in [2.75, 3.05) is 0 Å². The number of amides is 1. The number of halogens is 9. The van der Waals surface area contributed by atoms with Gasteiger partial charge in [-0.2, -0.15) is 45.5 Å². The van der Waals surface area contributed by atoms with Crippen molar-refractivity contribution < 1.29 is 39.9 Å². The fourth-order valence-corrected chi connectivity index (χ4v) is 3.38. The first-order valence-corrected chi connectivity index (χ1v) is 10.4. The molecule has 7 nitrogen and oxygen atoms in total. The van der Waals surface area contributed by atoms with Gasteiger partial charge in [0.05, 0.1) is 16.7 Å². The highest BCUT2D eigenvalue weighted by atomic mass is 35.5. The molecule has 0 bridgehead atoms. The summed E-state index contributed by atoms with van der Waals surface area (Å²) in [6.45, 7) is 0. The highest BCUT2D eigenvalue weighted by Gasteiger charge is 2.64. The minimum absolute atomic E-state index is 0.0340. The molecule has 1 amide bonds. The Morgan fingerprint density at radius 2 is 1.86 bits per heavy atom. The number of nitrogens with zero attached hydrogens (tertiary/aromatic N) is 4. The van der Waals surface area contributed by atoms with E-state index in [9.17, 15) is 39.9 Å². The molecule has 1 heterocycles. The van der Waals surface area contributed by atoms with Gasteiger partial charge in [0.1, 0.15) is 11.1 Å². The molecule has 1 aromatic heterocycles. The van der Waals surface area contributed by atoms with Crippen LogP contribution in [0.15, 0.2) is 29.4 Å². The maximum absolute atomic E-state index is 13.8. The Morgan fingerprint density at radius 1 is 1.24 bits per heavy atom. The monoisotopic (exact) mass is 554 g/mol. The van der Waals surface area contributed by atoms with E-state index in [4.69, 9.17) is 22.6 Å². The largest absolute Gasteiger partial charge is 0.459 e. The van der Waals surface area contributed by atoms with Gasteiger partial charge >= 0.3 is 18.3 Å². The van der Waals surface area contributed by atoms with Crippen LogP contribution in [0.25, 0.3) is 5.57 Å². The van der Waals surface area contributed by atoms with Crippen LogP contribution in [0.2, 0.25) is 5.02 Å². The number of carbonyl (C=O) groups excluding carboxylic acids is 1. The SMILES string of the molecule is Cn1nc(C(F)(F)C(F)(F)F)c(C(F)(F)F)c1/N=C/C(=C\N)c1ccc(Cl)c(C(=O)NC2(C#N)CC2)c1. The Kier molecular flexibility index (Phi) is 7.04. The van der Waals surface area contributed by atoms with Gasteiger partial charge in [0, 0.05) is 25.0 Å². The van der Waals surface area contributed by atoms with Crippen LogP contribution in [0, 0.1) is 11.3 Å². The smallest absolute Gasteiger partial charge is 0.404 e. The van der Waals surface area contributed by atoms with E-state index >= 15 is 0 Å². The summed E-state index contributed by atoms with van der Waals surface area (Å²) in [5, 5.41) is 14.4. The Labute approximate surface area is 208 Å². The van der Waals surface area contributed by atoms with Gasteiger partial charge < -0.3 is 11.1 Å². The maximum atomic E-state index is 13.8. The van der Waals surface area contributed by atoms with Gasteiger partial charge in [-0.1, -0.05) is 17.7 Å². The molecule has 1 aliphatic carbocycles. The van der Waals surface area contributed by atoms with E-state index in [2.05, 4.69) is 15.4 Å². The Bertz CT molecular complexity index is 1330. The summed E-state index contributed by atoms with van der Waals surface area (Å²) in [5.41, 5.74) is -0.636. The number of aryl methyl sites for hydroxylation is 1. The predicted molar refractivity (Wildman–Crippen MR) is 115 cm³/mol. The van der Waals surface area contributed by atoms with E-state index in [1.165, 1.54) is 18.2 Å². The van der Waals surface area contributed by atoms with Crippen molar-refractivity contribution in [3.8, 4) is 6.07 Å². The van der Waals surface area contributed by atoms with Crippen molar-refractivity contribution in [3.05, 3.63) is 51.8 Å². The van der Waals surface area contributed by atoms with Crippen LogP contribution in [0.4, 0.5) is 40.9 Å². The van der Waals surface area contributed by atoms with Gasteiger partial charge in [0.25, 0.3) is 5.91 Å². The number of benzene rings is 1. The third kappa shape index (κ3) is 5.38. The second-order valence-electron chi connectivity index (χ2n) is 7.96. The molecule has 1 fully saturated rings. The molecule has 3 rings (SSSR count). The number of carbonyl (C=O) groups is 1. The number of aliphatic imine (C=N–C) groups is 1. The van der Waals surface area contributed by atoms with Crippen LogP contribution >= 0.6 is 11.6 Å². The lowest BCUT2D eigenvalue weighted by Crippen LogP contribution is -2.36. The molecular weight excluding hydrogens is 540 g/mol. The molecule has 0 aliphatic heterocycles. The zero-order chi connectivity index (χ0) is 28.0. The van der Waals surface area contributed by atoms with Crippen molar-refractivity contribution in [2.45, 2.75) is 36.7 Å². The second-order valence-corrected chi connectivity index (χ2v) is 8.37. The maximum Gasteiger partial charge on any atom is 0.459 e. The molecule has 2 aromatic rings. The minimum Gasteiger partial charge on any atom is -0.404 e. The van der Waals surface area contributed by atoms with E-state index < -0.39 is 46.8 Å². The summed E-state index contributed by atoms with van der Waals surface area (Å²) < 4.78 is 107. The summed E-state index contributed by atoms with van der Waals surface area (Å²) in [6.07, 6.45) is -9.66. The van der Waals surface area contributed by atoms with Crippen LogP contribution in [-0.2, 0) is 19.1 Å². The number of nitrogens with two attached hydrogens (primary N) is 1. The molecule has 0 radical (unpaired) electrons. The molecule has 198 valence electrons. The fraction of sp³-hybridized carbons (Fsp3) is 0.333. The molecule has 1 aliphatic rings. The number of aromatic nitrogens is 2. The van der Waals surface area contributed by atoms with E-state index in [1.54, 1.807) is 0 Å². The summed E-state index contributed by atoms with van der Waals surface area (Å²) in [4.78, 5) is 16.0. The van der Waals surface area contributed by atoms with Crippen LogP contribution < -0.4 is 11.1 Å². The highest BCUT2D eigenvalue weighted by Crippen LogP contribution is 2.50. The molecule has 0 spiro atoms. The number of alkyl halides is 8. The first-order valence-electron chi connectivity index (χ1n) is 10.1. The van der Waals surface area contributed by atoms with Crippen LogP contribution in [0.3, 0.4) is 0 Å². The molecule has 37 heavy (non-hydrogen) atoms. The molecule has 0 unspecified atom stereocenters. The lowest BCUT2D eigenvalue weighted by molar-refractivity contribution is -0.292. The third-order valence-corrected chi connectivity index (χ3v) is 5.65. The molecule has 0 saturated heterocycles. The number of hydrogen-bond acceptors (Lipinski definition) is 5. The van der Waals surface area contributed by atoms with E-state index in [-0.39, 0.29) is 26.4 Å². The average molecular weight is 555 g/mol. The van der Waals surface area contributed by atoms with Gasteiger partial charge in [-0.05, 0) is 30.5 Å². The standard InChI is InChI=1S/C21H15ClF8N6O/c1-36-16(14(20(25,26)27)15(35-36)19(23,24)21(28,29)30)33-8-11(7-31)10-2-3-13(22)12(6-10)17(37)34-18(9-32)4-5-18/h2-3,6-8H,4-5,31H2,1H3,(H,34,37)/b11-7+,33-8+. The number of hydrogen-bond donors (Lipinski definition) is 2. The predicted octanol–water partition coefficient (Wildman–Crippen LogP) is 5.23. The van der Waals surface area contributed by atoms with Crippen molar-refractivity contribution in [2.24, 2.45) is 17.8 Å².